The summed E-state index contributed by atoms with van der Waals surface area (Å²) in [6, 6.07) is 0. The number of hydrogen-bond donors (Lipinski definition) is 1. The highest BCUT2D eigenvalue weighted by molar-refractivity contribution is 5.05. The van der Waals surface area contributed by atoms with Gasteiger partial charge in [-0.2, -0.15) is 0 Å². The molecule has 1 nitrogen and oxygen atoms in total. The molecule has 0 heterocycles. The van der Waals surface area contributed by atoms with Gasteiger partial charge in [-0.15, -0.1) is 0 Å². The van der Waals surface area contributed by atoms with E-state index in [-0.39, 0.29) is 18.8 Å². The molecule has 1 fully saturated rings. The van der Waals surface area contributed by atoms with E-state index < -0.39 is 11.5 Å². The van der Waals surface area contributed by atoms with Gasteiger partial charge < -0.3 is 5.73 Å². The van der Waals surface area contributed by atoms with E-state index in [0.717, 1.165) is 6.42 Å². The van der Waals surface area contributed by atoms with Crippen LogP contribution in [-0.2, 0) is 0 Å². The summed E-state index contributed by atoms with van der Waals surface area (Å²) in [7, 11) is 0. The summed E-state index contributed by atoms with van der Waals surface area (Å²) in [5.74, 6) is -2.28. The summed E-state index contributed by atoms with van der Waals surface area (Å²) in [5, 5.41) is 0. The maximum Gasteiger partial charge on any atom is 0.251 e. The largest absolute Gasteiger partial charge is 0.324 e. The van der Waals surface area contributed by atoms with Crippen LogP contribution < -0.4 is 5.73 Å². The smallest absolute Gasteiger partial charge is 0.251 e. The predicted octanol–water partition coefficient (Wildman–Crippen LogP) is 2.16. The maximum atomic E-state index is 12.5. The fourth-order valence-corrected chi connectivity index (χ4v) is 1.67. The van der Waals surface area contributed by atoms with Gasteiger partial charge in [0.05, 0.1) is 0 Å². The molecule has 11 heavy (non-hydrogen) atoms. The van der Waals surface area contributed by atoms with Crippen LogP contribution in [-0.4, -0.2) is 11.5 Å². The van der Waals surface area contributed by atoms with Gasteiger partial charge in [-0.1, -0.05) is 20.3 Å². The Kier molecular flexibility index (Phi) is 1.95. The Morgan fingerprint density at radius 2 is 1.91 bits per heavy atom. The highest BCUT2D eigenvalue weighted by Gasteiger charge is 2.56. The van der Waals surface area contributed by atoms with Gasteiger partial charge in [0.25, 0.3) is 5.92 Å². The lowest BCUT2D eigenvalue weighted by Crippen LogP contribution is -2.61. The molecular weight excluding hydrogens is 148 g/mol. The summed E-state index contributed by atoms with van der Waals surface area (Å²) >= 11 is 0. The number of halogens is 2. The van der Waals surface area contributed by atoms with Crippen LogP contribution in [0.3, 0.4) is 0 Å². The summed E-state index contributed by atoms with van der Waals surface area (Å²) in [4.78, 5) is 0. The molecule has 1 unspecified atom stereocenters. The van der Waals surface area contributed by atoms with E-state index in [1.165, 1.54) is 0 Å². The highest BCUT2D eigenvalue weighted by Crippen LogP contribution is 2.48. The minimum Gasteiger partial charge on any atom is -0.324 e. The number of hydrogen-bond acceptors (Lipinski definition) is 1. The van der Waals surface area contributed by atoms with Crippen molar-refractivity contribution in [1.29, 1.82) is 0 Å². The van der Waals surface area contributed by atoms with Crippen molar-refractivity contribution in [2.45, 2.75) is 44.6 Å². The summed E-state index contributed by atoms with van der Waals surface area (Å²) in [6.07, 6.45) is 0.622. The predicted molar refractivity (Wildman–Crippen MR) is 40.6 cm³/mol. The Balaban J connectivity index is 2.49. The molecular formula is C8H15F2N. The monoisotopic (exact) mass is 163 g/mol. The SMILES string of the molecule is CCC(C)C1(N)CC(F)(F)C1. The zero-order valence-electron chi connectivity index (χ0n) is 7.03. The topological polar surface area (TPSA) is 26.0 Å². The van der Waals surface area contributed by atoms with Gasteiger partial charge in [-0.05, 0) is 5.92 Å². The third kappa shape index (κ3) is 1.53. The fraction of sp³-hybridized carbons (Fsp3) is 1.00. The molecule has 66 valence electrons. The first-order valence-corrected chi connectivity index (χ1v) is 4.06. The second-order valence-electron chi connectivity index (χ2n) is 3.75. The molecule has 1 saturated carbocycles. The van der Waals surface area contributed by atoms with E-state index in [9.17, 15) is 8.78 Å². The normalized spacial score (nSPS) is 29.2. The van der Waals surface area contributed by atoms with Crippen molar-refractivity contribution in [2.24, 2.45) is 11.7 Å². The quantitative estimate of drug-likeness (QED) is 0.663. The van der Waals surface area contributed by atoms with Crippen molar-refractivity contribution in [3.8, 4) is 0 Å². The van der Waals surface area contributed by atoms with E-state index in [1.54, 1.807) is 0 Å². The Labute approximate surface area is 66.0 Å². The van der Waals surface area contributed by atoms with Gasteiger partial charge >= 0.3 is 0 Å². The molecule has 1 atom stereocenters. The molecule has 0 radical (unpaired) electrons. The lowest BCUT2D eigenvalue weighted by atomic mass is 9.66. The maximum absolute atomic E-state index is 12.5. The van der Waals surface area contributed by atoms with Crippen LogP contribution in [0.5, 0.6) is 0 Å². The van der Waals surface area contributed by atoms with Crippen molar-refractivity contribution in [3.63, 3.8) is 0 Å². The Morgan fingerprint density at radius 3 is 2.18 bits per heavy atom. The van der Waals surface area contributed by atoms with Crippen LogP contribution in [0.25, 0.3) is 0 Å². The first-order chi connectivity index (χ1) is 4.90. The van der Waals surface area contributed by atoms with Crippen LogP contribution in [0, 0.1) is 5.92 Å². The molecule has 3 heteroatoms. The zero-order chi connectivity index (χ0) is 8.70. The van der Waals surface area contributed by atoms with Crippen molar-refractivity contribution in [1.82, 2.24) is 0 Å². The first kappa shape index (κ1) is 8.91. The molecule has 0 aromatic rings. The zero-order valence-corrected chi connectivity index (χ0v) is 7.03. The molecule has 0 aromatic carbocycles. The molecule has 0 amide bonds. The minimum atomic E-state index is -2.49. The average molecular weight is 163 g/mol. The van der Waals surface area contributed by atoms with Gasteiger partial charge in [0, 0.05) is 18.4 Å². The number of rotatable bonds is 2. The van der Waals surface area contributed by atoms with Crippen LogP contribution in [0.4, 0.5) is 8.78 Å². The molecule has 0 aromatic heterocycles. The lowest BCUT2D eigenvalue weighted by molar-refractivity contribution is -0.137. The van der Waals surface area contributed by atoms with Crippen LogP contribution in [0.1, 0.15) is 33.1 Å². The van der Waals surface area contributed by atoms with E-state index >= 15 is 0 Å². The van der Waals surface area contributed by atoms with Gasteiger partial charge in [0.15, 0.2) is 0 Å². The second kappa shape index (κ2) is 2.41. The third-order valence-electron chi connectivity index (χ3n) is 2.77. The van der Waals surface area contributed by atoms with Gasteiger partial charge in [0.2, 0.25) is 0 Å². The Bertz CT molecular complexity index is 148. The first-order valence-electron chi connectivity index (χ1n) is 4.06. The Hall–Kier alpha value is -0.180. The van der Waals surface area contributed by atoms with Gasteiger partial charge in [0.1, 0.15) is 0 Å². The van der Waals surface area contributed by atoms with Crippen molar-refractivity contribution < 1.29 is 8.78 Å². The number of nitrogens with two attached hydrogens (primary N) is 1. The summed E-state index contributed by atoms with van der Waals surface area (Å²) in [6.45, 7) is 3.92. The standard InChI is InChI=1S/C8H15F2N/c1-3-6(2)7(11)4-8(9,10)5-7/h6H,3-5,11H2,1-2H3. The molecule has 0 bridgehead atoms. The number of alkyl halides is 2. The van der Waals surface area contributed by atoms with Crippen molar-refractivity contribution in [3.05, 3.63) is 0 Å². The fourth-order valence-electron chi connectivity index (χ4n) is 1.67. The molecule has 2 N–H and O–H groups in total. The molecule has 0 aliphatic heterocycles. The van der Waals surface area contributed by atoms with E-state index in [0.29, 0.717) is 0 Å². The van der Waals surface area contributed by atoms with Crippen molar-refractivity contribution in [2.75, 3.05) is 0 Å². The summed E-state index contributed by atoms with van der Waals surface area (Å²) < 4.78 is 24.9. The molecule has 0 saturated heterocycles. The summed E-state index contributed by atoms with van der Waals surface area (Å²) in [5.41, 5.74) is 5.17. The third-order valence-corrected chi connectivity index (χ3v) is 2.77. The van der Waals surface area contributed by atoms with Crippen LogP contribution in [0.2, 0.25) is 0 Å². The van der Waals surface area contributed by atoms with Gasteiger partial charge in [-0.25, -0.2) is 8.78 Å². The van der Waals surface area contributed by atoms with E-state index in [1.807, 2.05) is 13.8 Å². The van der Waals surface area contributed by atoms with E-state index in [2.05, 4.69) is 0 Å². The Morgan fingerprint density at radius 1 is 1.45 bits per heavy atom. The molecule has 1 aliphatic rings. The molecule has 1 aliphatic carbocycles. The lowest BCUT2D eigenvalue weighted by Gasteiger charge is -2.48. The second-order valence-corrected chi connectivity index (χ2v) is 3.75. The highest BCUT2D eigenvalue weighted by atomic mass is 19.3. The van der Waals surface area contributed by atoms with Crippen LogP contribution >= 0.6 is 0 Å². The van der Waals surface area contributed by atoms with Gasteiger partial charge in [-0.3, -0.25) is 0 Å². The van der Waals surface area contributed by atoms with Crippen LogP contribution in [0.15, 0.2) is 0 Å². The van der Waals surface area contributed by atoms with E-state index in [4.69, 9.17) is 5.73 Å². The molecule has 1 rings (SSSR count). The molecule has 0 spiro atoms. The minimum absolute atomic E-state index is 0.130. The average Bonchev–Trinajstić information content (AvgIpc) is 1.81. The van der Waals surface area contributed by atoms with Crippen molar-refractivity contribution >= 4 is 0 Å².